The van der Waals surface area contributed by atoms with Gasteiger partial charge in [-0.1, -0.05) is 0 Å². The van der Waals surface area contributed by atoms with E-state index >= 15 is 0 Å². The van der Waals surface area contributed by atoms with Crippen molar-refractivity contribution in [3.8, 4) is 0 Å². The van der Waals surface area contributed by atoms with Crippen molar-refractivity contribution in [2.24, 2.45) is 0 Å². The Balaban J connectivity index is 2.28. The maximum atomic E-state index is 11.3. The SMILES string of the molecule is COC(=O)c1ccc(Nc2nc(C)ccc2[N+](=O)[O-])cc1. The minimum atomic E-state index is -0.502. The number of nitrogens with one attached hydrogen (secondary N) is 1. The maximum Gasteiger partial charge on any atom is 0.337 e. The van der Waals surface area contributed by atoms with Gasteiger partial charge in [0.15, 0.2) is 0 Å². The number of rotatable bonds is 4. The Hall–Kier alpha value is -2.96. The second-order valence-electron chi connectivity index (χ2n) is 4.27. The van der Waals surface area contributed by atoms with Crippen LogP contribution in [0.3, 0.4) is 0 Å². The van der Waals surface area contributed by atoms with Crippen LogP contribution >= 0.6 is 0 Å². The summed E-state index contributed by atoms with van der Waals surface area (Å²) in [6.45, 7) is 1.75. The molecule has 0 saturated carbocycles. The lowest BCUT2D eigenvalue weighted by molar-refractivity contribution is -0.384. The lowest BCUT2D eigenvalue weighted by Gasteiger charge is -2.07. The number of carbonyl (C=O) groups is 1. The van der Waals surface area contributed by atoms with Crippen molar-refractivity contribution < 1.29 is 14.5 Å². The first-order chi connectivity index (χ1) is 10.0. The quantitative estimate of drug-likeness (QED) is 0.528. The fourth-order valence-electron chi connectivity index (χ4n) is 1.73. The molecule has 7 nitrogen and oxygen atoms in total. The van der Waals surface area contributed by atoms with Crippen LogP contribution in [0, 0.1) is 17.0 Å². The van der Waals surface area contributed by atoms with Crippen molar-refractivity contribution in [1.82, 2.24) is 4.98 Å². The Kier molecular flexibility index (Phi) is 4.13. The van der Waals surface area contributed by atoms with Crippen LogP contribution < -0.4 is 5.32 Å². The van der Waals surface area contributed by atoms with Gasteiger partial charge in [-0.3, -0.25) is 10.1 Å². The van der Waals surface area contributed by atoms with E-state index in [1.54, 1.807) is 37.3 Å². The number of anilines is 2. The van der Waals surface area contributed by atoms with Crippen LogP contribution in [0.1, 0.15) is 16.1 Å². The number of nitro groups is 1. The highest BCUT2D eigenvalue weighted by atomic mass is 16.6. The van der Waals surface area contributed by atoms with Crippen molar-refractivity contribution in [3.05, 3.63) is 57.8 Å². The Morgan fingerprint density at radius 3 is 2.48 bits per heavy atom. The number of aromatic nitrogens is 1. The number of methoxy groups -OCH3 is 1. The van der Waals surface area contributed by atoms with E-state index in [1.807, 2.05) is 0 Å². The van der Waals surface area contributed by atoms with Gasteiger partial charge in [-0.25, -0.2) is 9.78 Å². The number of hydrogen-bond acceptors (Lipinski definition) is 6. The van der Waals surface area contributed by atoms with E-state index in [2.05, 4.69) is 15.0 Å². The predicted molar refractivity (Wildman–Crippen MR) is 76.7 cm³/mol. The third kappa shape index (κ3) is 3.33. The molecule has 0 aliphatic heterocycles. The van der Waals surface area contributed by atoms with Gasteiger partial charge < -0.3 is 10.1 Å². The van der Waals surface area contributed by atoms with Gasteiger partial charge in [-0.15, -0.1) is 0 Å². The Bertz CT molecular complexity index is 683. The summed E-state index contributed by atoms with van der Waals surface area (Å²) in [6.07, 6.45) is 0. The molecule has 1 heterocycles. The Morgan fingerprint density at radius 1 is 1.24 bits per heavy atom. The van der Waals surface area contributed by atoms with E-state index in [4.69, 9.17) is 0 Å². The number of benzene rings is 1. The van der Waals surface area contributed by atoms with E-state index in [0.29, 0.717) is 16.9 Å². The van der Waals surface area contributed by atoms with E-state index in [9.17, 15) is 14.9 Å². The standard InChI is InChI=1S/C14H13N3O4/c1-9-3-8-12(17(19)20)13(15-9)16-11-6-4-10(5-7-11)14(18)21-2/h3-8H,1-2H3,(H,15,16). The summed E-state index contributed by atoms with van der Waals surface area (Å²) in [5.41, 5.74) is 1.53. The molecular weight excluding hydrogens is 274 g/mol. The molecule has 0 atom stereocenters. The largest absolute Gasteiger partial charge is 0.465 e. The summed E-state index contributed by atoms with van der Waals surface area (Å²) in [5, 5.41) is 13.8. The van der Waals surface area contributed by atoms with E-state index in [1.165, 1.54) is 13.2 Å². The van der Waals surface area contributed by atoms with Crippen molar-refractivity contribution in [2.75, 3.05) is 12.4 Å². The summed E-state index contributed by atoms with van der Waals surface area (Å²) in [6, 6.07) is 9.35. The van der Waals surface area contributed by atoms with Gasteiger partial charge in [-0.05, 0) is 37.3 Å². The van der Waals surface area contributed by atoms with Crippen LogP contribution in [0.2, 0.25) is 0 Å². The molecule has 0 aliphatic rings. The molecule has 108 valence electrons. The molecule has 0 bridgehead atoms. The lowest BCUT2D eigenvalue weighted by Crippen LogP contribution is -2.03. The van der Waals surface area contributed by atoms with Crippen LogP contribution in [0.15, 0.2) is 36.4 Å². The van der Waals surface area contributed by atoms with E-state index < -0.39 is 10.9 Å². The Labute approximate surface area is 120 Å². The maximum absolute atomic E-state index is 11.3. The summed E-state index contributed by atoms with van der Waals surface area (Å²) < 4.78 is 4.60. The number of hydrogen-bond donors (Lipinski definition) is 1. The number of carbonyl (C=O) groups excluding carboxylic acids is 1. The molecule has 0 radical (unpaired) electrons. The minimum absolute atomic E-state index is 0.113. The topological polar surface area (TPSA) is 94.4 Å². The Morgan fingerprint density at radius 2 is 1.90 bits per heavy atom. The number of nitrogens with zero attached hydrogens (tertiary/aromatic N) is 2. The third-order valence-corrected chi connectivity index (χ3v) is 2.78. The predicted octanol–water partition coefficient (Wildman–Crippen LogP) is 2.83. The number of esters is 1. The molecule has 2 rings (SSSR count). The smallest absolute Gasteiger partial charge is 0.337 e. The van der Waals surface area contributed by atoms with Gasteiger partial charge in [-0.2, -0.15) is 0 Å². The summed E-state index contributed by atoms with van der Waals surface area (Å²) in [7, 11) is 1.30. The first-order valence-corrected chi connectivity index (χ1v) is 6.08. The molecule has 2 aromatic rings. The van der Waals surface area contributed by atoms with Crippen LogP contribution in [-0.2, 0) is 4.74 Å². The van der Waals surface area contributed by atoms with Gasteiger partial charge in [0.05, 0.1) is 17.6 Å². The summed E-state index contributed by atoms with van der Waals surface area (Å²) in [5.74, 6) is -0.285. The molecule has 0 saturated heterocycles. The molecule has 1 N–H and O–H groups in total. The van der Waals surface area contributed by atoms with Crippen LogP contribution in [-0.4, -0.2) is 23.0 Å². The normalized spacial score (nSPS) is 10.0. The van der Waals surface area contributed by atoms with Crippen molar-refractivity contribution in [3.63, 3.8) is 0 Å². The zero-order chi connectivity index (χ0) is 15.4. The summed E-state index contributed by atoms with van der Waals surface area (Å²) in [4.78, 5) is 25.9. The fraction of sp³-hybridized carbons (Fsp3) is 0.143. The number of aryl methyl sites for hydroxylation is 1. The number of pyridine rings is 1. The zero-order valence-corrected chi connectivity index (χ0v) is 11.5. The van der Waals surface area contributed by atoms with Crippen LogP contribution in [0.25, 0.3) is 0 Å². The molecule has 1 aromatic heterocycles. The van der Waals surface area contributed by atoms with Gasteiger partial charge in [0.2, 0.25) is 5.82 Å². The van der Waals surface area contributed by atoms with Gasteiger partial charge >= 0.3 is 11.7 Å². The van der Waals surface area contributed by atoms with Gasteiger partial charge in [0.25, 0.3) is 0 Å². The second kappa shape index (κ2) is 6.00. The summed E-state index contributed by atoms with van der Waals surface area (Å²) >= 11 is 0. The van der Waals surface area contributed by atoms with Crippen molar-refractivity contribution in [2.45, 2.75) is 6.92 Å². The molecule has 0 amide bonds. The molecule has 1 aromatic carbocycles. The first kappa shape index (κ1) is 14.4. The minimum Gasteiger partial charge on any atom is -0.465 e. The van der Waals surface area contributed by atoms with Crippen LogP contribution in [0.4, 0.5) is 17.2 Å². The molecule has 21 heavy (non-hydrogen) atoms. The highest BCUT2D eigenvalue weighted by molar-refractivity contribution is 5.89. The fourth-order valence-corrected chi connectivity index (χ4v) is 1.73. The van der Waals surface area contributed by atoms with Gasteiger partial charge in [0.1, 0.15) is 0 Å². The van der Waals surface area contributed by atoms with E-state index in [0.717, 1.165) is 0 Å². The highest BCUT2D eigenvalue weighted by Crippen LogP contribution is 2.25. The molecular formula is C14H13N3O4. The zero-order valence-electron chi connectivity index (χ0n) is 11.5. The molecule has 0 aliphatic carbocycles. The average Bonchev–Trinajstić information content (AvgIpc) is 2.47. The molecule has 0 unspecified atom stereocenters. The molecule has 0 fully saturated rings. The average molecular weight is 287 g/mol. The molecule has 0 spiro atoms. The van der Waals surface area contributed by atoms with Crippen molar-refractivity contribution in [1.29, 1.82) is 0 Å². The monoisotopic (exact) mass is 287 g/mol. The third-order valence-electron chi connectivity index (χ3n) is 2.78. The molecule has 7 heteroatoms. The highest BCUT2D eigenvalue weighted by Gasteiger charge is 2.15. The second-order valence-corrected chi connectivity index (χ2v) is 4.27. The van der Waals surface area contributed by atoms with Gasteiger partial charge in [0, 0.05) is 17.4 Å². The van der Waals surface area contributed by atoms with Crippen LogP contribution in [0.5, 0.6) is 0 Å². The number of ether oxygens (including phenoxy) is 1. The van der Waals surface area contributed by atoms with Crippen molar-refractivity contribution >= 4 is 23.2 Å². The van der Waals surface area contributed by atoms with E-state index in [-0.39, 0.29) is 11.5 Å². The lowest BCUT2D eigenvalue weighted by atomic mass is 10.2. The first-order valence-electron chi connectivity index (χ1n) is 6.08.